The van der Waals surface area contributed by atoms with Gasteiger partial charge in [-0.3, -0.25) is 0 Å². The monoisotopic (exact) mass is 400 g/mol. The number of nitrogens with zero attached hydrogens (tertiary/aromatic N) is 4. The fourth-order valence-corrected chi connectivity index (χ4v) is 5.89. The summed E-state index contributed by atoms with van der Waals surface area (Å²) in [6.07, 6.45) is 0. The molecular weight excluding hydrogens is 392 g/mol. The van der Waals surface area contributed by atoms with Gasteiger partial charge in [-0.05, 0) is 48.5 Å². The van der Waals surface area contributed by atoms with Crippen LogP contribution in [0.2, 0.25) is 0 Å². The Morgan fingerprint density at radius 3 is 1.56 bits per heavy atom. The summed E-state index contributed by atoms with van der Waals surface area (Å²) in [5.74, 6) is 0. The third-order valence-corrected chi connectivity index (χ3v) is 7.52. The lowest BCUT2D eigenvalue weighted by molar-refractivity contribution is 1.47. The van der Waals surface area contributed by atoms with Crippen molar-refractivity contribution >= 4 is 54.4 Å². The van der Waals surface area contributed by atoms with Gasteiger partial charge in [0.1, 0.15) is 10.0 Å². The van der Waals surface area contributed by atoms with Gasteiger partial charge in [0, 0.05) is 0 Å². The van der Waals surface area contributed by atoms with Crippen molar-refractivity contribution in [1.82, 2.24) is 9.97 Å². The number of hydrogen-bond donors (Lipinski definition) is 0. The highest BCUT2D eigenvalue weighted by Crippen LogP contribution is 2.40. The predicted molar refractivity (Wildman–Crippen MR) is 111 cm³/mol. The Morgan fingerprint density at radius 2 is 1.11 bits per heavy atom. The molecule has 0 atom stereocenters. The van der Waals surface area contributed by atoms with Gasteiger partial charge in [-0.25, -0.2) is 9.97 Å². The Balaban J connectivity index is 1.55. The van der Waals surface area contributed by atoms with Gasteiger partial charge in [0.2, 0.25) is 0 Å². The van der Waals surface area contributed by atoms with Crippen LogP contribution in [0.15, 0.2) is 48.5 Å². The van der Waals surface area contributed by atoms with Crippen LogP contribution in [0, 0.1) is 22.7 Å². The van der Waals surface area contributed by atoms with Crippen LogP contribution < -0.4 is 0 Å². The molecule has 0 aliphatic heterocycles. The van der Waals surface area contributed by atoms with Crippen LogP contribution >= 0.6 is 34.0 Å². The van der Waals surface area contributed by atoms with E-state index in [1.165, 1.54) is 0 Å². The molecule has 0 saturated carbocycles. The van der Waals surface area contributed by atoms with Gasteiger partial charge >= 0.3 is 0 Å². The normalized spacial score (nSPS) is 10.9. The van der Waals surface area contributed by atoms with E-state index in [1.54, 1.807) is 46.1 Å². The van der Waals surface area contributed by atoms with Gasteiger partial charge in [-0.2, -0.15) is 10.5 Å². The summed E-state index contributed by atoms with van der Waals surface area (Å²) in [6.45, 7) is 0. The minimum Gasteiger partial charge on any atom is -0.235 e. The van der Waals surface area contributed by atoms with Crippen molar-refractivity contribution in [2.24, 2.45) is 0 Å². The highest BCUT2D eigenvalue weighted by Gasteiger charge is 2.13. The van der Waals surface area contributed by atoms with Crippen molar-refractivity contribution in [2.45, 2.75) is 0 Å². The first-order chi connectivity index (χ1) is 13.2. The van der Waals surface area contributed by atoms with Crippen molar-refractivity contribution in [1.29, 1.82) is 10.5 Å². The van der Waals surface area contributed by atoms with E-state index in [0.717, 1.165) is 40.2 Å². The molecule has 0 bridgehead atoms. The molecule has 4 nitrogen and oxygen atoms in total. The second-order valence-corrected chi connectivity index (χ2v) is 8.94. The Bertz CT molecular complexity index is 1300. The maximum absolute atomic E-state index is 9.06. The molecule has 3 aromatic heterocycles. The number of thiazole rings is 2. The Hall–Kier alpha value is -3.10. The molecule has 126 valence electrons. The summed E-state index contributed by atoms with van der Waals surface area (Å²) in [4.78, 5) is 11.6. The van der Waals surface area contributed by atoms with Crippen LogP contribution in [0.25, 0.3) is 40.2 Å². The molecule has 0 spiro atoms. The first-order valence-electron chi connectivity index (χ1n) is 7.95. The molecule has 0 aliphatic carbocycles. The lowest BCUT2D eigenvalue weighted by Crippen LogP contribution is -1.73. The van der Waals surface area contributed by atoms with Crippen molar-refractivity contribution in [2.75, 3.05) is 0 Å². The van der Waals surface area contributed by atoms with Crippen LogP contribution in [-0.4, -0.2) is 9.97 Å². The molecule has 27 heavy (non-hydrogen) atoms. The SMILES string of the molecule is N#Cc1ccc2nc(-c3ccc(-c4nc5ccc(C#N)cc5s4)s3)sc2c1. The summed E-state index contributed by atoms with van der Waals surface area (Å²) in [5.41, 5.74) is 3.12. The summed E-state index contributed by atoms with van der Waals surface area (Å²) >= 11 is 4.84. The van der Waals surface area contributed by atoms with Crippen molar-refractivity contribution in [3.63, 3.8) is 0 Å². The van der Waals surface area contributed by atoms with E-state index in [4.69, 9.17) is 20.5 Å². The lowest BCUT2D eigenvalue weighted by atomic mass is 10.2. The van der Waals surface area contributed by atoms with Gasteiger partial charge in [0.05, 0.1) is 53.5 Å². The molecular formula is C20H8N4S3. The molecule has 0 unspecified atom stereocenters. The van der Waals surface area contributed by atoms with Crippen LogP contribution in [0.5, 0.6) is 0 Å². The molecule has 0 fully saturated rings. The first-order valence-corrected chi connectivity index (χ1v) is 10.4. The maximum Gasteiger partial charge on any atom is 0.134 e. The van der Waals surface area contributed by atoms with E-state index in [9.17, 15) is 0 Å². The average Bonchev–Trinajstić information content (AvgIpc) is 3.43. The van der Waals surface area contributed by atoms with E-state index in [-0.39, 0.29) is 0 Å². The second-order valence-electron chi connectivity index (χ2n) is 5.79. The van der Waals surface area contributed by atoms with Gasteiger partial charge in [-0.1, -0.05) is 0 Å². The largest absolute Gasteiger partial charge is 0.235 e. The summed E-state index contributed by atoms with van der Waals surface area (Å²) < 4.78 is 2.03. The lowest BCUT2D eigenvalue weighted by Gasteiger charge is -1.88. The van der Waals surface area contributed by atoms with E-state index in [1.807, 2.05) is 24.3 Å². The van der Waals surface area contributed by atoms with Crippen molar-refractivity contribution in [3.8, 4) is 31.9 Å². The third kappa shape index (κ3) is 2.79. The van der Waals surface area contributed by atoms with Gasteiger partial charge in [-0.15, -0.1) is 34.0 Å². The average molecular weight is 401 g/mol. The molecule has 3 heterocycles. The topological polar surface area (TPSA) is 73.4 Å². The molecule has 0 aliphatic rings. The fourth-order valence-electron chi connectivity index (χ4n) is 2.77. The van der Waals surface area contributed by atoms with Crippen LogP contribution in [0.4, 0.5) is 0 Å². The van der Waals surface area contributed by atoms with E-state index in [2.05, 4.69) is 24.3 Å². The Labute approximate surface area is 166 Å². The maximum atomic E-state index is 9.06. The highest BCUT2D eigenvalue weighted by molar-refractivity contribution is 7.29. The molecule has 0 N–H and O–H groups in total. The molecule has 5 rings (SSSR count). The number of nitriles is 2. The fraction of sp³-hybridized carbons (Fsp3) is 0. The summed E-state index contributed by atoms with van der Waals surface area (Å²) in [5, 5.41) is 20.0. The summed E-state index contributed by atoms with van der Waals surface area (Å²) in [6, 6.07) is 19.6. The number of hydrogen-bond acceptors (Lipinski definition) is 7. The zero-order chi connectivity index (χ0) is 18.4. The smallest absolute Gasteiger partial charge is 0.134 e. The highest BCUT2D eigenvalue weighted by atomic mass is 32.1. The van der Waals surface area contributed by atoms with Gasteiger partial charge < -0.3 is 0 Å². The number of rotatable bonds is 2. The minimum atomic E-state index is 0.649. The van der Waals surface area contributed by atoms with Gasteiger partial charge in [0.25, 0.3) is 0 Å². The quantitative estimate of drug-likeness (QED) is 0.362. The molecule has 0 amide bonds. The second kappa shape index (κ2) is 6.26. The zero-order valence-electron chi connectivity index (χ0n) is 13.6. The summed E-state index contributed by atoms with van der Waals surface area (Å²) in [7, 11) is 0. The number of benzene rings is 2. The van der Waals surface area contributed by atoms with E-state index in [0.29, 0.717) is 11.1 Å². The van der Waals surface area contributed by atoms with Crippen LogP contribution in [0.3, 0.4) is 0 Å². The molecule has 7 heteroatoms. The minimum absolute atomic E-state index is 0.649. The first kappa shape index (κ1) is 16.1. The van der Waals surface area contributed by atoms with Crippen molar-refractivity contribution < 1.29 is 0 Å². The number of aromatic nitrogens is 2. The Morgan fingerprint density at radius 1 is 0.630 bits per heavy atom. The Kier molecular flexibility index (Phi) is 3.73. The third-order valence-electron chi connectivity index (χ3n) is 4.06. The molecule has 5 aromatic rings. The predicted octanol–water partition coefficient (Wildman–Crippen LogP) is 6.04. The number of fused-ring (bicyclic) bond motifs is 2. The zero-order valence-corrected chi connectivity index (χ0v) is 16.1. The standard InChI is InChI=1S/C20H8N4S3/c21-9-11-1-3-13-17(7-11)26-19(23-13)15-5-6-16(25-15)20-24-14-4-2-12(10-22)8-18(14)27-20/h1-8H. The van der Waals surface area contributed by atoms with Gasteiger partial charge in [0.15, 0.2) is 0 Å². The molecule has 0 radical (unpaired) electrons. The van der Waals surface area contributed by atoms with Crippen molar-refractivity contribution in [3.05, 3.63) is 59.7 Å². The molecule has 2 aromatic carbocycles. The van der Waals surface area contributed by atoms with E-state index >= 15 is 0 Å². The van der Waals surface area contributed by atoms with Crippen LogP contribution in [0.1, 0.15) is 11.1 Å². The number of thiophene rings is 1. The molecule has 0 saturated heterocycles. The van der Waals surface area contributed by atoms with Crippen LogP contribution in [-0.2, 0) is 0 Å². The van der Waals surface area contributed by atoms with E-state index < -0.39 is 0 Å².